The lowest BCUT2D eigenvalue weighted by Crippen LogP contribution is -2.20. The predicted octanol–water partition coefficient (Wildman–Crippen LogP) is 4.65. The average Bonchev–Trinajstić information content (AvgIpc) is 3.34. The number of ether oxygens (including phenoxy) is 1. The quantitative estimate of drug-likeness (QED) is 0.300. The number of thiazole rings is 1. The standard InChI is InChI=1S/C19H20N4O5S2/c1-19(2,3)14-8-20-16(28-14)11-29-17-9-21-18(30-17)22-15(24)10-27-13-6-4-5-12(7-13)23(25)26/h4-9H,10-11H2,1-3H3,(H,21,22,24). The lowest BCUT2D eigenvalue weighted by molar-refractivity contribution is -0.384. The first-order chi connectivity index (χ1) is 14.2. The van der Waals surface area contributed by atoms with Gasteiger partial charge in [-0.05, 0) is 6.07 Å². The number of nitro benzene ring substituents is 1. The van der Waals surface area contributed by atoms with Gasteiger partial charge in [0.05, 0.1) is 33.3 Å². The predicted molar refractivity (Wildman–Crippen MR) is 114 cm³/mol. The zero-order chi connectivity index (χ0) is 21.7. The van der Waals surface area contributed by atoms with E-state index in [1.165, 1.54) is 41.3 Å². The lowest BCUT2D eigenvalue weighted by atomic mass is 9.94. The molecule has 0 atom stereocenters. The van der Waals surface area contributed by atoms with Gasteiger partial charge in [0.25, 0.3) is 11.6 Å². The molecule has 0 spiro atoms. The molecule has 2 heterocycles. The van der Waals surface area contributed by atoms with E-state index in [-0.39, 0.29) is 23.5 Å². The number of carbonyl (C=O) groups is 1. The number of benzene rings is 1. The Balaban J connectivity index is 1.48. The van der Waals surface area contributed by atoms with Crippen molar-refractivity contribution >= 4 is 39.8 Å². The molecule has 0 aliphatic carbocycles. The first kappa shape index (κ1) is 21.8. The zero-order valence-electron chi connectivity index (χ0n) is 16.6. The topological polar surface area (TPSA) is 120 Å². The van der Waals surface area contributed by atoms with Crippen LogP contribution in [0.15, 0.2) is 45.3 Å². The molecule has 0 saturated heterocycles. The lowest BCUT2D eigenvalue weighted by Gasteiger charge is -2.12. The molecule has 30 heavy (non-hydrogen) atoms. The van der Waals surface area contributed by atoms with Crippen LogP contribution in [0.1, 0.15) is 32.4 Å². The maximum Gasteiger partial charge on any atom is 0.273 e. The zero-order valence-corrected chi connectivity index (χ0v) is 18.2. The van der Waals surface area contributed by atoms with E-state index in [1.54, 1.807) is 18.5 Å². The average molecular weight is 449 g/mol. The molecular formula is C19H20N4O5S2. The number of hydrogen-bond acceptors (Lipinski definition) is 9. The first-order valence-electron chi connectivity index (χ1n) is 8.91. The van der Waals surface area contributed by atoms with Gasteiger partial charge in [-0.15, -0.1) is 11.8 Å². The second-order valence-electron chi connectivity index (χ2n) is 7.23. The summed E-state index contributed by atoms with van der Waals surface area (Å²) in [6, 6.07) is 5.66. The number of anilines is 1. The Hall–Kier alpha value is -2.92. The smallest absolute Gasteiger partial charge is 0.273 e. The van der Waals surface area contributed by atoms with Gasteiger partial charge in [0.15, 0.2) is 11.7 Å². The van der Waals surface area contributed by atoms with E-state index in [0.717, 1.165) is 9.97 Å². The number of oxazole rings is 1. The summed E-state index contributed by atoms with van der Waals surface area (Å²) in [5.74, 6) is 1.86. The fraction of sp³-hybridized carbons (Fsp3) is 0.316. The molecule has 0 fully saturated rings. The third-order valence-corrected chi connectivity index (χ3v) is 5.85. The van der Waals surface area contributed by atoms with Crippen LogP contribution in [0.5, 0.6) is 5.75 Å². The number of amides is 1. The molecule has 2 aromatic heterocycles. The van der Waals surface area contributed by atoms with Gasteiger partial charge in [-0.25, -0.2) is 9.97 Å². The molecule has 0 unspecified atom stereocenters. The monoisotopic (exact) mass is 448 g/mol. The minimum absolute atomic E-state index is 0.0927. The van der Waals surface area contributed by atoms with Crippen LogP contribution in [0.3, 0.4) is 0 Å². The van der Waals surface area contributed by atoms with Crippen molar-refractivity contribution in [2.45, 2.75) is 36.1 Å². The van der Waals surface area contributed by atoms with Gasteiger partial charge >= 0.3 is 0 Å². The van der Waals surface area contributed by atoms with Crippen molar-refractivity contribution < 1.29 is 18.9 Å². The molecule has 0 radical (unpaired) electrons. The van der Waals surface area contributed by atoms with E-state index in [2.05, 4.69) is 36.1 Å². The van der Waals surface area contributed by atoms with Crippen molar-refractivity contribution in [3.63, 3.8) is 0 Å². The van der Waals surface area contributed by atoms with Crippen molar-refractivity contribution in [2.75, 3.05) is 11.9 Å². The fourth-order valence-electron chi connectivity index (χ4n) is 2.23. The van der Waals surface area contributed by atoms with Crippen molar-refractivity contribution in [1.82, 2.24) is 9.97 Å². The van der Waals surface area contributed by atoms with Crippen LogP contribution in [-0.4, -0.2) is 27.4 Å². The Labute approximate surface area is 181 Å². The van der Waals surface area contributed by atoms with Crippen LogP contribution < -0.4 is 10.1 Å². The van der Waals surface area contributed by atoms with Crippen LogP contribution in [-0.2, 0) is 16.0 Å². The number of hydrogen-bond donors (Lipinski definition) is 1. The highest BCUT2D eigenvalue weighted by molar-refractivity contribution is 8.00. The van der Waals surface area contributed by atoms with Crippen LogP contribution in [0, 0.1) is 10.1 Å². The minimum Gasteiger partial charge on any atom is -0.484 e. The van der Waals surface area contributed by atoms with E-state index in [4.69, 9.17) is 9.15 Å². The van der Waals surface area contributed by atoms with Crippen LogP contribution in [0.2, 0.25) is 0 Å². The third-order valence-electron chi connectivity index (χ3n) is 3.76. The Morgan fingerprint density at radius 1 is 1.33 bits per heavy atom. The molecule has 158 valence electrons. The normalized spacial score (nSPS) is 11.3. The largest absolute Gasteiger partial charge is 0.484 e. The van der Waals surface area contributed by atoms with Crippen molar-refractivity contribution in [3.05, 3.63) is 58.4 Å². The summed E-state index contributed by atoms with van der Waals surface area (Å²) in [6.45, 7) is 5.90. The number of nitro groups is 1. The number of aromatic nitrogens is 2. The van der Waals surface area contributed by atoms with Gasteiger partial charge in [0.2, 0.25) is 5.89 Å². The number of rotatable bonds is 8. The second kappa shape index (κ2) is 9.26. The van der Waals surface area contributed by atoms with E-state index in [9.17, 15) is 14.9 Å². The molecule has 0 aliphatic rings. The molecule has 1 N–H and O–H groups in total. The Morgan fingerprint density at radius 2 is 2.13 bits per heavy atom. The second-order valence-corrected chi connectivity index (χ2v) is 9.54. The first-order valence-corrected chi connectivity index (χ1v) is 10.7. The van der Waals surface area contributed by atoms with Crippen molar-refractivity contribution in [1.29, 1.82) is 0 Å². The van der Waals surface area contributed by atoms with Gasteiger partial charge in [-0.3, -0.25) is 20.2 Å². The van der Waals surface area contributed by atoms with Crippen LogP contribution in [0.4, 0.5) is 10.8 Å². The molecular weight excluding hydrogens is 428 g/mol. The maximum atomic E-state index is 12.1. The summed E-state index contributed by atoms with van der Waals surface area (Å²) in [6.07, 6.45) is 3.41. The third kappa shape index (κ3) is 6.04. The summed E-state index contributed by atoms with van der Waals surface area (Å²) in [4.78, 5) is 30.8. The SMILES string of the molecule is CC(C)(C)c1cnc(CSc2cnc(NC(=O)COc3cccc([N+](=O)[O-])c3)s2)o1. The molecule has 0 aliphatic heterocycles. The number of carbonyl (C=O) groups excluding carboxylic acids is 1. The van der Waals surface area contributed by atoms with Crippen LogP contribution in [0.25, 0.3) is 0 Å². The summed E-state index contributed by atoms with van der Waals surface area (Å²) in [7, 11) is 0. The molecule has 1 amide bonds. The molecule has 0 saturated carbocycles. The van der Waals surface area contributed by atoms with Crippen molar-refractivity contribution in [2.24, 2.45) is 0 Å². The maximum absolute atomic E-state index is 12.1. The molecule has 0 bridgehead atoms. The molecule has 11 heteroatoms. The highest BCUT2D eigenvalue weighted by Gasteiger charge is 2.19. The van der Waals surface area contributed by atoms with E-state index in [0.29, 0.717) is 16.8 Å². The van der Waals surface area contributed by atoms with Gasteiger partial charge < -0.3 is 9.15 Å². The van der Waals surface area contributed by atoms with Crippen molar-refractivity contribution in [3.8, 4) is 5.75 Å². The number of non-ortho nitro benzene ring substituents is 1. The highest BCUT2D eigenvalue weighted by atomic mass is 32.2. The molecule has 9 nitrogen and oxygen atoms in total. The van der Waals surface area contributed by atoms with E-state index < -0.39 is 10.8 Å². The number of thioether (sulfide) groups is 1. The Morgan fingerprint density at radius 3 is 2.83 bits per heavy atom. The van der Waals surface area contributed by atoms with E-state index >= 15 is 0 Å². The van der Waals surface area contributed by atoms with E-state index in [1.807, 2.05) is 0 Å². The summed E-state index contributed by atoms with van der Waals surface area (Å²) < 4.78 is 12.0. The van der Waals surface area contributed by atoms with Gasteiger partial charge in [-0.2, -0.15) is 0 Å². The summed E-state index contributed by atoms with van der Waals surface area (Å²) >= 11 is 2.84. The number of nitrogens with zero attached hydrogens (tertiary/aromatic N) is 3. The highest BCUT2D eigenvalue weighted by Crippen LogP contribution is 2.31. The minimum atomic E-state index is -0.524. The molecule has 3 aromatic rings. The summed E-state index contributed by atoms with van der Waals surface area (Å²) in [5, 5.41) is 13.9. The molecule has 3 rings (SSSR count). The number of nitrogens with one attached hydrogen (secondary N) is 1. The van der Waals surface area contributed by atoms with Gasteiger partial charge in [0.1, 0.15) is 11.5 Å². The summed E-state index contributed by atoms with van der Waals surface area (Å²) in [5.41, 5.74) is -0.194. The van der Waals surface area contributed by atoms with Gasteiger partial charge in [0, 0.05) is 11.5 Å². The molecule has 1 aromatic carbocycles. The van der Waals surface area contributed by atoms with Crippen LogP contribution >= 0.6 is 23.1 Å². The fourth-order valence-corrected chi connectivity index (χ4v) is 3.97. The van der Waals surface area contributed by atoms with Gasteiger partial charge in [-0.1, -0.05) is 38.2 Å². The Kier molecular flexibility index (Phi) is 6.73. The Bertz CT molecular complexity index is 1040.